The molecule has 0 aliphatic rings. The lowest BCUT2D eigenvalue weighted by Crippen LogP contribution is -2.22. The molecule has 3 heteroatoms. The van der Waals surface area contributed by atoms with Crippen LogP contribution in [0.5, 0.6) is 0 Å². The molecule has 0 atom stereocenters. The number of carboxylic acids is 1. The predicted octanol–water partition coefficient (Wildman–Crippen LogP) is 3.69. The molecule has 0 radical (unpaired) electrons. The summed E-state index contributed by atoms with van der Waals surface area (Å²) in [6, 6.07) is 3.98. The first-order chi connectivity index (χ1) is 8.62. The molecule has 0 aromatic heterocycles. The van der Waals surface area contributed by atoms with E-state index in [2.05, 4.69) is 0 Å². The van der Waals surface area contributed by atoms with Gasteiger partial charge in [0.25, 0.3) is 0 Å². The van der Waals surface area contributed by atoms with Crippen molar-refractivity contribution in [1.29, 1.82) is 0 Å². The van der Waals surface area contributed by atoms with Crippen molar-refractivity contribution in [2.75, 3.05) is 0 Å². The maximum Gasteiger partial charge on any atom is 0.303 e. The van der Waals surface area contributed by atoms with Crippen molar-refractivity contribution >= 4 is 11.8 Å². The zero-order valence-electron chi connectivity index (χ0n) is 12.3. The van der Waals surface area contributed by atoms with Crippen LogP contribution in [0.25, 0.3) is 0 Å². The first-order valence-corrected chi connectivity index (χ1v) is 6.45. The van der Waals surface area contributed by atoms with Gasteiger partial charge in [0.05, 0.1) is 6.42 Å². The summed E-state index contributed by atoms with van der Waals surface area (Å²) in [5.74, 6) is -0.837. The Labute approximate surface area is 114 Å². The average Bonchev–Trinajstić information content (AvgIpc) is 2.10. The van der Waals surface area contributed by atoms with Gasteiger partial charge in [0.15, 0.2) is 5.78 Å². The van der Waals surface area contributed by atoms with Gasteiger partial charge in [-0.2, -0.15) is 0 Å². The highest BCUT2D eigenvalue weighted by molar-refractivity contribution is 5.99. The standard InChI is InChI=1S/C16H22O3/c1-10-6-11(2)15(12(3)7-10)13(17)8-16(4,5)9-14(18)19/h6-7H,8-9H2,1-5H3,(H,18,19). The SMILES string of the molecule is Cc1cc(C)c(C(=O)CC(C)(C)CC(=O)O)c(C)c1. The summed E-state index contributed by atoms with van der Waals surface area (Å²) < 4.78 is 0. The van der Waals surface area contributed by atoms with Gasteiger partial charge in [0.1, 0.15) is 0 Å². The van der Waals surface area contributed by atoms with Gasteiger partial charge in [0, 0.05) is 12.0 Å². The summed E-state index contributed by atoms with van der Waals surface area (Å²) in [7, 11) is 0. The first kappa shape index (κ1) is 15.4. The largest absolute Gasteiger partial charge is 0.481 e. The minimum absolute atomic E-state index is 0.00268. The summed E-state index contributed by atoms with van der Waals surface area (Å²) in [5.41, 5.74) is 3.29. The Kier molecular flexibility index (Phi) is 4.51. The number of Topliss-reactive ketones (excluding diaryl/α,β-unsaturated/α-hetero) is 1. The highest BCUT2D eigenvalue weighted by Gasteiger charge is 2.27. The third-order valence-corrected chi connectivity index (χ3v) is 3.22. The fraction of sp³-hybridized carbons (Fsp3) is 0.500. The number of benzene rings is 1. The highest BCUT2D eigenvalue weighted by atomic mass is 16.4. The van der Waals surface area contributed by atoms with E-state index in [1.165, 1.54) is 0 Å². The predicted molar refractivity (Wildman–Crippen MR) is 75.6 cm³/mol. The maximum absolute atomic E-state index is 12.4. The lowest BCUT2D eigenvalue weighted by Gasteiger charge is -2.22. The highest BCUT2D eigenvalue weighted by Crippen LogP contribution is 2.29. The van der Waals surface area contributed by atoms with Crippen LogP contribution < -0.4 is 0 Å². The van der Waals surface area contributed by atoms with Gasteiger partial charge in [-0.3, -0.25) is 9.59 Å². The van der Waals surface area contributed by atoms with Crippen LogP contribution in [0.4, 0.5) is 0 Å². The Morgan fingerprint density at radius 2 is 1.53 bits per heavy atom. The van der Waals surface area contributed by atoms with Crippen LogP contribution >= 0.6 is 0 Å². The van der Waals surface area contributed by atoms with Crippen LogP contribution in [0.2, 0.25) is 0 Å². The van der Waals surface area contributed by atoms with E-state index >= 15 is 0 Å². The number of hydrogen-bond acceptors (Lipinski definition) is 2. The van der Waals surface area contributed by atoms with Gasteiger partial charge in [-0.1, -0.05) is 31.5 Å². The Balaban J connectivity index is 2.99. The zero-order valence-corrected chi connectivity index (χ0v) is 12.3. The number of ketones is 1. The van der Waals surface area contributed by atoms with Crippen molar-refractivity contribution in [1.82, 2.24) is 0 Å². The molecule has 1 rings (SSSR count). The quantitative estimate of drug-likeness (QED) is 0.823. The van der Waals surface area contributed by atoms with Gasteiger partial charge in [-0.25, -0.2) is 0 Å². The molecular weight excluding hydrogens is 240 g/mol. The van der Waals surface area contributed by atoms with Crippen LogP contribution in [0, 0.1) is 26.2 Å². The second kappa shape index (κ2) is 5.55. The summed E-state index contributed by atoms with van der Waals surface area (Å²) in [6.07, 6.45) is 0.257. The molecule has 3 nitrogen and oxygen atoms in total. The summed E-state index contributed by atoms with van der Waals surface area (Å²) in [6.45, 7) is 9.49. The average molecular weight is 262 g/mol. The van der Waals surface area contributed by atoms with E-state index in [0.717, 1.165) is 22.3 Å². The number of carboxylic acid groups (broad SMARTS) is 1. The topological polar surface area (TPSA) is 54.4 Å². The van der Waals surface area contributed by atoms with Gasteiger partial charge >= 0.3 is 5.97 Å². The second-order valence-electron chi connectivity index (χ2n) is 6.11. The Hall–Kier alpha value is -1.64. The first-order valence-electron chi connectivity index (χ1n) is 6.45. The molecule has 0 bridgehead atoms. The molecule has 1 aromatic rings. The monoisotopic (exact) mass is 262 g/mol. The second-order valence-corrected chi connectivity index (χ2v) is 6.11. The van der Waals surface area contributed by atoms with Crippen molar-refractivity contribution in [3.8, 4) is 0 Å². The lowest BCUT2D eigenvalue weighted by atomic mass is 9.81. The number of carbonyl (C=O) groups excluding carboxylic acids is 1. The van der Waals surface area contributed by atoms with E-state index in [-0.39, 0.29) is 18.6 Å². The molecule has 0 unspecified atom stereocenters. The Bertz CT molecular complexity index is 490. The Morgan fingerprint density at radius 3 is 1.95 bits per heavy atom. The number of aliphatic carboxylic acids is 1. The van der Waals surface area contributed by atoms with Crippen LogP contribution in [0.3, 0.4) is 0 Å². The fourth-order valence-corrected chi connectivity index (χ4v) is 2.61. The number of aryl methyl sites for hydroxylation is 3. The van der Waals surface area contributed by atoms with E-state index in [0.29, 0.717) is 0 Å². The van der Waals surface area contributed by atoms with Gasteiger partial charge < -0.3 is 5.11 Å². The van der Waals surface area contributed by atoms with Crippen molar-refractivity contribution in [2.24, 2.45) is 5.41 Å². The van der Waals surface area contributed by atoms with E-state index in [4.69, 9.17) is 5.11 Å². The van der Waals surface area contributed by atoms with Crippen LogP contribution in [-0.2, 0) is 4.79 Å². The maximum atomic E-state index is 12.4. The van der Waals surface area contributed by atoms with Crippen molar-refractivity contribution in [3.05, 3.63) is 34.4 Å². The van der Waals surface area contributed by atoms with Gasteiger partial charge in [0.2, 0.25) is 0 Å². The van der Waals surface area contributed by atoms with Gasteiger partial charge in [-0.15, -0.1) is 0 Å². The van der Waals surface area contributed by atoms with Crippen molar-refractivity contribution < 1.29 is 14.7 Å². The van der Waals surface area contributed by atoms with E-state index in [1.807, 2.05) is 46.8 Å². The number of carbonyl (C=O) groups is 2. The molecule has 0 heterocycles. The van der Waals surface area contributed by atoms with Crippen LogP contribution in [-0.4, -0.2) is 16.9 Å². The Morgan fingerprint density at radius 1 is 1.05 bits per heavy atom. The van der Waals surface area contributed by atoms with Crippen LogP contribution in [0.15, 0.2) is 12.1 Å². The fourth-order valence-electron chi connectivity index (χ4n) is 2.61. The van der Waals surface area contributed by atoms with Gasteiger partial charge in [-0.05, 0) is 37.3 Å². The van der Waals surface area contributed by atoms with Crippen molar-refractivity contribution in [3.63, 3.8) is 0 Å². The number of rotatable bonds is 5. The molecule has 0 saturated carbocycles. The zero-order chi connectivity index (χ0) is 14.8. The molecule has 0 aliphatic heterocycles. The van der Waals surface area contributed by atoms with Crippen molar-refractivity contribution in [2.45, 2.75) is 47.5 Å². The molecule has 104 valence electrons. The van der Waals surface area contributed by atoms with E-state index < -0.39 is 11.4 Å². The van der Waals surface area contributed by atoms with E-state index in [1.54, 1.807) is 0 Å². The lowest BCUT2D eigenvalue weighted by molar-refractivity contribution is -0.139. The third-order valence-electron chi connectivity index (χ3n) is 3.22. The molecule has 0 spiro atoms. The van der Waals surface area contributed by atoms with Crippen LogP contribution in [0.1, 0.15) is 53.7 Å². The number of hydrogen-bond donors (Lipinski definition) is 1. The summed E-state index contributed by atoms with van der Waals surface area (Å²) in [5, 5.41) is 8.87. The molecule has 0 aliphatic carbocycles. The minimum atomic E-state index is -0.866. The molecule has 0 saturated heterocycles. The molecule has 1 N–H and O–H groups in total. The third kappa shape index (κ3) is 4.19. The summed E-state index contributed by atoms with van der Waals surface area (Å²) in [4.78, 5) is 23.2. The normalized spacial score (nSPS) is 11.4. The smallest absolute Gasteiger partial charge is 0.303 e. The van der Waals surface area contributed by atoms with E-state index in [9.17, 15) is 9.59 Å². The molecule has 19 heavy (non-hydrogen) atoms. The molecular formula is C16H22O3. The molecule has 1 aromatic carbocycles. The summed E-state index contributed by atoms with van der Waals surface area (Å²) >= 11 is 0. The minimum Gasteiger partial charge on any atom is -0.481 e. The molecule has 0 fully saturated rings. The molecule has 0 amide bonds.